The van der Waals surface area contributed by atoms with E-state index in [-0.39, 0.29) is 0 Å². The number of hydrogen-bond donors (Lipinski definition) is 1. The summed E-state index contributed by atoms with van der Waals surface area (Å²) >= 11 is 3.28. The molecular weight excluding hydrogens is 358 g/mol. The van der Waals surface area contributed by atoms with Gasteiger partial charge in [-0.1, -0.05) is 33.6 Å². The van der Waals surface area contributed by atoms with Crippen molar-refractivity contribution >= 4 is 15.9 Å². The highest BCUT2D eigenvalue weighted by Gasteiger charge is 2.33. The number of nitrogens with zero attached hydrogens (tertiary/aromatic N) is 2. The second-order valence-corrected chi connectivity index (χ2v) is 8.13. The van der Waals surface area contributed by atoms with Crippen molar-refractivity contribution in [3.63, 3.8) is 0 Å². The third-order valence-electron chi connectivity index (χ3n) is 4.64. The van der Waals surface area contributed by atoms with E-state index in [4.69, 9.17) is 8.83 Å². The van der Waals surface area contributed by atoms with Crippen LogP contribution in [-0.4, -0.2) is 16.2 Å². The van der Waals surface area contributed by atoms with Crippen molar-refractivity contribution in [3.05, 3.63) is 22.7 Å². The Kier molecular flexibility index (Phi) is 4.92. The minimum atomic E-state index is 0.318. The average Bonchev–Trinajstić information content (AvgIpc) is 3.13. The van der Waals surface area contributed by atoms with Crippen LogP contribution in [0.15, 0.2) is 25.6 Å². The second-order valence-electron chi connectivity index (χ2n) is 7.35. The molecular formula is C17H24BrN3O2. The molecule has 2 heterocycles. The minimum absolute atomic E-state index is 0.318. The predicted molar refractivity (Wildman–Crippen MR) is 91.7 cm³/mol. The first-order valence-corrected chi connectivity index (χ1v) is 9.04. The van der Waals surface area contributed by atoms with Crippen molar-refractivity contribution in [3.8, 4) is 11.7 Å². The van der Waals surface area contributed by atoms with E-state index >= 15 is 0 Å². The summed E-state index contributed by atoms with van der Waals surface area (Å²) in [6, 6.07) is 4.13. The van der Waals surface area contributed by atoms with E-state index in [0.29, 0.717) is 46.1 Å². The lowest BCUT2D eigenvalue weighted by Gasteiger charge is -2.40. The molecule has 1 N–H and O–H groups in total. The quantitative estimate of drug-likeness (QED) is 0.824. The first-order chi connectivity index (χ1) is 10.9. The molecule has 126 valence electrons. The Bertz CT molecular complexity index is 644. The van der Waals surface area contributed by atoms with Crippen molar-refractivity contribution in [1.29, 1.82) is 0 Å². The lowest BCUT2D eigenvalue weighted by molar-refractivity contribution is 0.128. The third-order valence-corrected chi connectivity index (χ3v) is 5.07. The average molecular weight is 382 g/mol. The zero-order valence-corrected chi connectivity index (χ0v) is 15.5. The van der Waals surface area contributed by atoms with Crippen LogP contribution in [0.25, 0.3) is 11.7 Å². The van der Waals surface area contributed by atoms with Gasteiger partial charge in [-0.05, 0) is 52.2 Å². The van der Waals surface area contributed by atoms with Crippen LogP contribution >= 0.6 is 15.9 Å². The molecule has 6 heteroatoms. The molecule has 0 spiro atoms. The molecule has 2 aromatic heterocycles. The summed E-state index contributed by atoms with van der Waals surface area (Å²) in [5, 5.41) is 11.8. The maximum Gasteiger partial charge on any atom is 0.283 e. The van der Waals surface area contributed by atoms with Gasteiger partial charge in [-0.15, -0.1) is 10.2 Å². The summed E-state index contributed by atoms with van der Waals surface area (Å²) in [6.45, 7) is 7.60. The fourth-order valence-corrected chi connectivity index (χ4v) is 3.79. The number of hydrogen-bond acceptors (Lipinski definition) is 5. The maximum absolute atomic E-state index is 5.70. The van der Waals surface area contributed by atoms with E-state index in [2.05, 4.69) is 52.2 Å². The van der Waals surface area contributed by atoms with Crippen LogP contribution in [0.3, 0.4) is 0 Å². The van der Waals surface area contributed by atoms with E-state index in [0.717, 1.165) is 0 Å². The summed E-state index contributed by atoms with van der Waals surface area (Å²) in [4.78, 5) is 0. The molecule has 2 aromatic rings. The molecule has 0 bridgehead atoms. The SMILES string of the molecule is CC(C)(C)C1CCCCC1NCc1nnc(-c2ccc(Br)o2)o1. The molecule has 0 radical (unpaired) electrons. The molecule has 1 aliphatic rings. The Morgan fingerprint density at radius 1 is 1.17 bits per heavy atom. The molecule has 3 rings (SSSR count). The summed E-state index contributed by atoms with van der Waals surface area (Å²) < 4.78 is 11.8. The van der Waals surface area contributed by atoms with Crippen molar-refractivity contribution in [1.82, 2.24) is 15.5 Å². The third kappa shape index (κ3) is 4.04. The fraction of sp³-hybridized carbons (Fsp3) is 0.647. The van der Waals surface area contributed by atoms with Crippen LogP contribution in [0.1, 0.15) is 52.3 Å². The number of rotatable bonds is 4. The van der Waals surface area contributed by atoms with Crippen LogP contribution in [0.4, 0.5) is 0 Å². The van der Waals surface area contributed by atoms with E-state index in [1.807, 2.05) is 12.1 Å². The molecule has 23 heavy (non-hydrogen) atoms. The summed E-state index contributed by atoms with van der Waals surface area (Å²) in [5.41, 5.74) is 0.318. The normalized spacial score (nSPS) is 22.4. The van der Waals surface area contributed by atoms with Crippen LogP contribution in [-0.2, 0) is 6.54 Å². The van der Waals surface area contributed by atoms with Crippen molar-refractivity contribution in [2.24, 2.45) is 11.3 Å². The molecule has 0 aromatic carbocycles. The molecule has 0 amide bonds. The van der Waals surface area contributed by atoms with Gasteiger partial charge in [0.25, 0.3) is 5.89 Å². The molecule has 1 fully saturated rings. The molecule has 2 atom stereocenters. The summed E-state index contributed by atoms with van der Waals surface area (Å²) in [6.07, 6.45) is 5.13. The van der Waals surface area contributed by atoms with Crippen molar-refractivity contribution < 1.29 is 8.83 Å². The van der Waals surface area contributed by atoms with E-state index in [1.165, 1.54) is 25.7 Å². The first-order valence-electron chi connectivity index (χ1n) is 8.25. The van der Waals surface area contributed by atoms with Gasteiger partial charge >= 0.3 is 0 Å². The Balaban J connectivity index is 1.62. The lowest BCUT2D eigenvalue weighted by Crippen LogP contribution is -2.43. The zero-order chi connectivity index (χ0) is 16.4. The smallest absolute Gasteiger partial charge is 0.283 e. The van der Waals surface area contributed by atoms with Crippen LogP contribution < -0.4 is 5.32 Å². The maximum atomic E-state index is 5.70. The molecule has 2 unspecified atom stereocenters. The number of halogens is 1. The van der Waals surface area contributed by atoms with Gasteiger partial charge in [-0.25, -0.2) is 0 Å². The molecule has 1 aliphatic carbocycles. The number of nitrogens with one attached hydrogen (secondary N) is 1. The number of aromatic nitrogens is 2. The van der Waals surface area contributed by atoms with Crippen LogP contribution in [0, 0.1) is 11.3 Å². The van der Waals surface area contributed by atoms with Crippen molar-refractivity contribution in [2.45, 2.75) is 59.0 Å². The molecule has 5 nitrogen and oxygen atoms in total. The van der Waals surface area contributed by atoms with Gasteiger partial charge in [0.05, 0.1) is 6.54 Å². The predicted octanol–water partition coefficient (Wildman–Crippen LogP) is 4.79. The fourth-order valence-electron chi connectivity index (χ4n) is 3.48. The van der Waals surface area contributed by atoms with E-state index in [9.17, 15) is 0 Å². The zero-order valence-electron chi connectivity index (χ0n) is 13.9. The van der Waals surface area contributed by atoms with E-state index < -0.39 is 0 Å². The molecule has 1 saturated carbocycles. The Labute approximate surface area is 145 Å². The largest absolute Gasteiger partial charge is 0.444 e. The molecule has 0 saturated heterocycles. The van der Waals surface area contributed by atoms with Gasteiger partial charge in [-0.2, -0.15) is 0 Å². The highest BCUT2D eigenvalue weighted by Crippen LogP contribution is 2.38. The van der Waals surface area contributed by atoms with Crippen LogP contribution in [0.5, 0.6) is 0 Å². The minimum Gasteiger partial charge on any atom is -0.444 e. The highest BCUT2D eigenvalue weighted by atomic mass is 79.9. The van der Waals surface area contributed by atoms with Crippen molar-refractivity contribution in [2.75, 3.05) is 0 Å². The summed E-state index contributed by atoms with van der Waals surface area (Å²) in [5.74, 6) is 2.29. The monoisotopic (exact) mass is 381 g/mol. The standard InChI is InChI=1S/C17H24BrN3O2/c1-17(2,3)11-6-4-5-7-12(11)19-10-15-20-21-16(23-15)13-8-9-14(18)22-13/h8-9,11-12,19H,4-7,10H2,1-3H3. The first kappa shape index (κ1) is 16.7. The molecule has 0 aliphatic heterocycles. The van der Waals surface area contributed by atoms with Gasteiger partial charge in [-0.3, -0.25) is 0 Å². The van der Waals surface area contributed by atoms with Gasteiger partial charge in [0.2, 0.25) is 5.89 Å². The van der Waals surface area contributed by atoms with Gasteiger partial charge in [0.15, 0.2) is 10.4 Å². The Morgan fingerprint density at radius 3 is 2.65 bits per heavy atom. The second kappa shape index (κ2) is 6.77. The lowest BCUT2D eigenvalue weighted by atomic mass is 9.69. The van der Waals surface area contributed by atoms with Gasteiger partial charge in [0.1, 0.15) is 0 Å². The Morgan fingerprint density at radius 2 is 1.96 bits per heavy atom. The van der Waals surface area contributed by atoms with E-state index in [1.54, 1.807) is 0 Å². The van der Waals surface area contributed by atoms with Crippen LogP contribution in [0.2, 0.25) is 0 Å². The number of furan rings is 1. The van der Waals surface area contributed by atoms with Gasteiger partial charge < -0.3 is 14.2 Å². The topological polar surface area (TPSA) is 64.1 Å². The highest BCUT2D eigenvalue weighted by molar-refractivity contribution is 9.10. The summed E-state index contributed by atoms with van der Waals surface area (Å²) in [7, 11) is 0. The van der Waals surface area contributed by atoms with Gasteiger partial charge in [0, 0.05) is 6.04 Å². The Hall–Kier alpha value is -1.14.